The number of para-hydroxylation sites is 1. The minimum absolute atomic E-state index is 0.0875. The van der Waals surface area contributed by atoms with Crippen LogP contribution in [0.2, 0.25) is 0 Å². The summed E-state index contributed by atoms with van der Waals surface area (Å²) in [5.74, 6) is -0.0193. The zero-order valence-corrected chi connectivity index (χ0v) is 14.5. The Bertz CT molecular complexity index is 801. The van der Waals surface area contributed by atoms with E-state index < -0.39 is 6.04 Å². The minimum Gasteiger partial charge on any atom is -0.469 e. The van der Waals surface area contributed by atoms with Crippen LogP contribution in [-0.2, 0) is 16.0 Å². The van der Waals surface area contributed by atoms with E-state index in [9.17, 15) is 14.4 Å². The first-order valence-electron chi connectivity index (χ1n) is 8.55. The highest BCUT2D eigenvalue weighted by Gasteiger charge is 2.27. The molecule has 0 fully saturated rings. The summed E-state index contributed by atoms with van der Waals surface area (Å²) < 4.78 is 5.26. The molecule has 3 rings (SSSR count). The van der Waals surface area contributed by atoms with Crippen molar-refractivity contribution in [1.82, 2.24) is 10.6 Å². The molecule has 2 aromatic rings. The monoisotopic (exact) mass is 355 g/mol. The molecule has 26 heavy (non-hydrogen) atoms. The van der Waals surface area contributed by atoms with Crippen LogP contribution in [0.4, 0.5) is 5.69 Å². The third-order valence-corrected chi connectivity index (χ3v) is 4.21. The van der Waals surface area contributed by atoms with Crippen LogP contribution in [0, 0.1) is 0 Å². The molecule has 0 aliphatic carbocycles. The van der Waals surface area contributed by atoms with Crippen LogP contribution >= 0.6 is 0 Å². The molecule has 0 bridgehead atoms. The van der Waals surface area contributed by atoms with Gasteiger partial charge >= 0.3 is 0 Å². The lowest BCUT2D eigenvalue weighted by Gasteiger charge is -2.16. The maximum atomic E-state index is 12.3. The average Bonchev–Trinajstić information content (AvgIpc) is 3.07. The number of hydrogen-bond donors (Lipinski definition) is 3. The predicted octanol–water partition coefficient (Wildman–Crippen LogP) is 1.86. The molecule has 1 aromatic heterocycles. The predicted molar refractivity (Wildman–Crippen MR) is 95.6 cm³/mol. The second-order valence-electron chi connectivity index (χ2n) is 6.35. The van der Waals surface area contributed by atoms with E-state index in [1.54, 1.807) is 36.6 Å². The Morgan fingerprint density at radius 1 is 1.23 bits per heavy atom. The van der Waals surface area contributed by atoms with Crippen molar-refractivity contribution >= 4 is 23.4 Å². The fourth-order valence-corrected chi connectivity index (χ4v) is 2.92. The van der Waals surface area contributed by atoms with Gasteiger partial charge in [0.2, 0.25) is 11.8 Å². The summed E-state index contributed by atoms with van der Waals surface area (Å²) in [6.07, 6.45) is 2.55. The van der Waals surface area contributed by atoms with Crippen molar-refractivity contribution in [2.45, 2.75) is 38.3 Å². The van der Waals surface area contributed by atoms with Gasteiger partial charge < -0.3 is 20.4 Å². The van der Waals surface area contributed by atoms with Crippen molar-refractivity contribution in [3.8, 4) is 0 Å². The molecule has 1 aromatic carbocycles. The van der Waals surface area contributed by atoms with Crippen molar-refractivity contribution < 1.29 is 18.8 Å². The van der Waals surface area contributed by atoms with Gasteiger partial charge in [-0.15, -0.1) is 0 Å². The molecule has 3 N–H and O–H groups in total. The van der Waals surface area contributed by atoms with E-state index in [2.05, 4.69) is 16.0 Å². The van der Waals surface area contributed by atoms with Crippen LogP contribution in [0.15, 0.2) is 47.1 Å². The number of carbonyl (C=O) groups excluding carboxylic acids is 3. The molecule has 136 valence electrons. The maximum Gasteiger partial charge on any atom is 0.254 e. The van der Waals surface area contributed by atoms with Gasteiger partial charge in [0.25, 0.3) is 5.91 Å². The van der Waals surface area contributed by atoms with Crippen LogP contribution < -0.4 is 16.0 Å². The zero-order valence-electron chi connectivity index (χ0n) is 14.5. The summed E-state index contributed by atoms with van der Waals surface area (Å²) in [6.45, 7) is 1.89. The fourth-order valence-electron chi connectivity index (χ4n) is 2.92. The Hall–Kier alpha value is -3.09. The number of rotatable bonds is 6. The highest BCUT2D eigenvalue weighted by Crippen LogP contribution is 2.19. The highest BCUT2D eigenvalue weighted by atomic mass is 16.3. The lowest BCUT2D eigenvalue weighted by atomic mass is 10.1. The molecule has 7 nitrogen and oxygen atoms in total. The molecule has 0 saturated heterocycles. The summed E-state index contributed by atoms with van der Waals surface area (Å²) in [4.78, 5) is 36.7. The van der Waals surface area contributed by atoms with E-state index in [-0.39, 0.29) is 36.6 Å². The quantitative estimate of drug-likeness (QED) is 0.736. The summed E-state index contributed by atoms with van der Waals surface area (Å²) in [7, 11) is 0. The lowest BCUT2D eigenvalue weighted by molar-refractivity contribution is -0.122. The van der Waals surface area contributed by atoms with Crippen molar-refractivity contribution in [3.63, 3.8) is 0 Å². The lowest BCUT2D eigenvalue weighted by Crippen LogP contribution is -2.42. The molecule has 2 atom stereocenters. The van der Waals surface area contributed by atoms with Gasteiger partial charge in [0.15, 0.2) is 0 Å². The SMILES string of the molecule is CC(Cc1ccco1)NC(=O)CC[C@H]1NC(=O)c2ccccc2NC1=O. The number of fused-ring (bicyclic) bond motifs is 1. The van der Waals surface area contributed by atoms with Gasteiger partial charge in [-0.1, -0.05) is 12.1 Å². The number of furan rings is 1. The number of hydrogen-bond acceptors (Lipinski definition) is 4. The normalized spacial score (nSPS) is 17.5. The molecule has 0 radical (unpaired) electrons. The number of amides is 3. The molecule has 0 saturated carbocycles. The van der Waals surface area contributed by atoms with E-state index in [0.29, 0.717) is 17.7 Å². The largest absolute Gasteiger partial charge is 0.469 e. The third-order valence-electron chi connectivity index (χ3n) is 4.21. The van der Waals surface area contributed by atoms with E-state index in [4.69, 9.17) is 4.42 Å². The van der Waals surface area contributed by atoms with Crippen molar-refractivity contribution in [3.05, 3.63) is 54.0 Å². The minimum atomic E-state index is -0.749. The Morgan fingerprint density at radius 3 is 2.81 bits per heavy atom. The van der Waals surface area contributed by atoms with Crippen molar-refractivity contribution in [1.29, 1.82) is 0 Å². The number of anilines is 1. The van der Waals surface area contributed by atoms with E-state index >= 15 is 0 Å². The number of benzene rings is 1. The third kappa shape index (κ3) is 4.30. The van der Waals surface area contributed by atoms with Crippen LogP contribution in [0.1, 0.15) is 35.9 Å². The van der Waals surface area contributed by atoms with E-state index in [0.717, 1.165) is 5.76 Å². The van der Waals surface area contributed by atoms with Crippen LogP contribution in [0.3, 0.4) is 0 Å². The van der Waals surface area contributed by atoms with E-state index in [1.165, 1.54) is 0 Å². The van der Waals surface area contributed by atoms with Crippen LogP contribution in [-0.4, -0.2) is 29.8 Å². The standard InChI is InChI=1S/C19H21N3O4/c1-12(11-13-5-4-10-26-13)20-17(23)9-8-16-19(25)21-15-7-3-2-6-14(15)18(24)22-16/h2-7,10,12,16H,8-9,11H2,1H3,(H,20,23)(H,21,25)(H,22,24)/t12?,16-/m1/s1. The Morgan fingerprint density at radius 2 is 2.04 bits per heavy atom. The fraction of sp³-hybridized carbons (Fsp3) is 0.316. The second kappa shape index (κ2) is 7.86. The van der Waals surface area contributed by atoms with Gasteiger partial charge in [0.05, 0.1) is 17.5 Å². The molecule has 1 aliphatic heterocycles. The van der Waals surface area contributed by atoms with Gasteiger partial charge in [0.1, 0.15) is 11.8 Å². The highest BCUT2D eigenvalue weighted by molar-refractivity contribution is 6.09. The van der Waals surface area contributed by atoms with Crippen molar-refractivity contribution in [2.24, 2.45) is 0 Å². The van der Waals surface area contributed by atoms with Gasteiger partial charge in [-0.2, -0.15) is 0 Å². The second-order valence-corrected chi connectivity index (χ2v) is 6.35. The molecule has 1 aliphatic rings. The van der Waals surface area contributed by atoms with E-state index in [1.807, 2.05) is 13.0 Å². The summed E-state index contributed by atoms with van der Waals surface area (Å²) in [5.41, 5.74) is 0.897. The number of carbonyl (C=O) groups is 3. The van der Waals surface area contributed by atoms with Gasteiger partial charge in [-0.25, -0.2) is 0 Å². The molecule has 3 amide bonds. The van der Waals surface area contributed by atoms with Gasteiger partial charge in [0, 0.05) is 18.9 Å². The first-order valence-corrected chi connectivity index (χ1v) is 8.55. The maximum absolute atomic E-state index is 12.3. The first kappa shape index (κ1) is 17.7. The smallest absolute Gasteiger partial charge is 0.254 e. The van der Waals surface area contributed by atoms with Gasteiger partial charge in [-0.05, 0) is 37.6 Å². The molecule has 0 spiro atoms. The average molecular weight is 355 g/mol. The van der Waals surface area contributed by atoms with Crippen LogP contribution in [0.25, 0.3) is 0 Å². The molecular weight excluding hydrogens is 334 g/mol. The molecule has 1 unspecified atom stereocenters. The molecular formula is C19H21N3O4. The topological polar surface area (TPSA) is 100 Å². The first-order chi connectivity index (χ1) is 12.5. The summed E-state index contributed by atoms with van der Waals surface area (Å²) in [5, 5.41) is 8.29. The Labute approximate surface area is 151 Å². The molecule has 2 heterocycles. The zero-order chi connectivity index (χ0) is 18.5. The van der Waals surface area contributed by atoms with Gasteiger partial charge in [-0.3, -0.25) is 14.4 Å². The number of nitrogens with one attached hydrogen (secondary N) is 3. The summed E-state index contributed by atoms with van der Waals surface area (Å²) in [6, 6.07) is 9.63. The Balaban J connectivity index is 1.52. The van der Waals surface area contributed by atoms with Crippen molar-refractivity contribution in [2.75, 3.05) is 5.32 Å². The Kier molecular flexibility index (Phi) is 5.36. The molecule has 7 heteroatoms. The summed E-state index contributed by atoms with van der Waals surface area (Å²) >= 11 is 0. The van der Waals surface area contributed by atoms with Crippen LogP contribution in [0.5, 0.6) is 0 Å².